The highest BCUT2D eigenvalue weighted by Crippen LogP contribution is 2.21. The fraction of sp³-hybridized carbons (Fsp3) is 0.474. The topological polar surface area (TPSA) is 68.5 Å². The lowest BCUT2D eigenvalue weighted by molar-refractivity contribution is 0.257. The minimum absolute atomic E-state index is 0.0446. The number of thioether (sulfide) groups is 1. The van der Waals surface area contributed by atoms with Gasteiger partial charge in [0.15, 0.2) is 5.62 Å². The number of nitrogens with two attached hydrogens (primary N) is 1. The maximum atomic E-state index is 10.8. The number of anilines is 1. The lowest BCUT2D eigenvalue weighted by Crippen LogP contribution is -2.29. The monoisotopic (exact) mass is 363 g/mol. The van der Waals surface area contributed by atoms with Gasteiger partial charge in [-0.1, -0.05) is 30.8 Å². The van der Waals surface area contributed by atoms with E-state index in [4.69, 9.17) is 10.5 Å². The third kappa shape index (κ3) is 8.74. The van der Waals surface area contributed by atoms with Crippen LogP contribution in [-0.2, 0) is 9.53 Å². The molecule has 0 bridgehead atoms. The van der Waals surface area contributed by atoms with Crippen molar-refractivity contribution in [2.75, 3.05) is 25.1 Å². The average Bonchev–Trinajstić information content (AvgIpc) is 2.61. The normalized spacial score (nSPS) is 14.3. The van der Waals surface area contributed by atoms with E-state index in [1.54, 1.807) is 12.5 Å². The molecule has 0 saturated heterocycles. The number of ether oxygens (including phenoxy) is 1. The summed E-state index contributed by atoms with van der Waals surface area (Å²) in [5.41, 5.74) is 7.96. The van der Waals surface area contributed by atoms with Gasteiger partial charge < -0.3 is 15.4 Å². The van der Waals surface area contributed by atoms with Crippen molar-refractivity contribution < 1.29 is 9.53 Å². The van der Waals surface area contributed by atoms with E-state index in [1.165, 1.54) is 11.8 Å². The van der Waals surface area contributed by atoms with Gasteiger partial charge in [-0.05, 0) is 43.5 Å². The number of rotatable bonds is 12. The van der Waals surface area contributed by atoms with Crippen LogP contribution >= 0.6 is 11.8 Å². The van der Waals surface area contributed by atoms with Gasteiger partial charge in [0.05, 0.1) is 12.8 Å². The van der Waals surface area contributed by atoms with Crippen molar-refractivity contribution in [1.82, 2.24) is 4.98 Å². The van der Waals surface area contributed by atoms with Crippen molar-refractivity contribution in [3.8, 4) is 0 Å². The Kier molecular flexibility index (Phi) is 10.7. The number of hydrogen-bond acceptors (Lipinski definition) is 6. The molecule has 1 heterocycles. The van der Waals surface area contributed by atoms with Crippen LogP contribution < -0.4 is 10.6 Å². The summed E-state index contributed by atoms with van der Waals surface area (Å²) in [5.74, 6) is 0.923. The van der Waals surface area contributed by atoms with E-state index in [0.29, 0.717) is 6.61 Å². The largest absolute Gasteiger partial charge is 0.499 e. The SMILES string of the molecule is CC/C=C(\C=C/OCCN(C)c1ccccn1)CC(SC=O)C(C)N. The van der Waals surface area contributed by atoms with Gasteiger partial charge in [-0.25, -0.2) is 4.98 Å². The van der Waals surface area contributed by atoms with Crippen LogP contribution in [0.15, 0.2) is 48.4 Å². The van der Waals surface area contributed by atoms with Crippen LogP contribution in [0.4, 0.5) is 5.82 Å². The molecule has 2 N–H and O–H groups in total. The Morgan fingerprint density at radius 3 is 2.88 bits per heavy atom. The summed E-state index contributed by atoms with van der Waals surface area (Å²) in [7, 11) is 1.99. The summed E-state index contributed by atoms with van der Waals surface area (Å²) in [5, 5.41) is 0.0789. The molecule has 5 nitrogen and oxygen atoms in total. The first-order valence-corrected chi connectivity index (χ1v) is 9.46. The number of hydrogen-bond donors (Lipinski definition) is 1. The van der Waals surface area contributed by atoms with E-state index in [1.807, 2.05) is 43.1 Å². The number of likely N-dealkylation sites (N-methyl/N-ethyl adjacent to an activating group) is 1. The Bertz CT molecular complexity index is 547. The van der Waals surface area contributed by atoms with E-state index in [-0.39, 0.29) is 11.3 Å². The van der Waals surface area contributed by atoms with Gasteiger partial charge in [0, 0.05) is 24.5 Å². The summed E-state index contributed by atoms with van der Waals surface area (Å²) in [6, 6.07) is 5.79. The molecule has 25 heavy (non-hydrogen) atoms. The Labute approximate surface area is 155 Å². The second-order valence-electron chi connectivity index (χ2n) is 5.80. The smallest absolute Gasteiger partial charge is 0.176 e. The van der Waals surface area contributed by atoms with Gasteiger partial charge in [0.2, 0.25) is 0 Å². The molecule has 2 unspecified atom stereocenters. The number of nitrogens with zero attached hydrogens (tertiary/aromatic N) is 2. The molecule has 1 aromatic heterocycles. The average molecular weight is 364 g/mol. The molecule has 0 amide bonds. The minimum Gasteiger partial charge on any atom is -0.499 e. The molecule has 138 valence electrons. The lowest BCUT2D eigenvalue weighted by atomic mass is 10.1. The maximum absolute atomic E-state index is 10.8. The van der Waals surface area contributed by atoms with Crippen LogP contribution in [0.2, 0.25) is 0 Å². The van der Waals surface area contributed by atoms with E-state index >= 15 is 0 Å². The standard InChI is InChI=1S/C19H29N3O2S/c1-4-7-17(14-18(16(2)20)25-15-23)9-12-24-13-11-22(3)19-8-5-6-10-21-19/h5-10,12,15-16,18H,4,11,13-14,20H2,1-3H3/b12-9-,17-7+. The van der Waals surface area contributed by atoms with Crippen LogP contribution in [-0.4, -0.2) is 42.1 Å². The first kappa shape index (κ1) is 21.3. The molecule has 2 atom stereocenters. The van der Waals surface area contributed by atoms with Crippen molar-refractivity contribution in [3.05, 3.63) is 48.4 Å². The van der Waals surface area contributed by atoms with Crippen LogP contribution in [0.3, 0.4) is 0 Å². The number of aromatic nitrogens is 1. The minimum atomic E-state index is -0.0446. The second-order valence-corrected chi connectivity index (χ2v) is 6.87. The fourth-order valence-electron chi connectivity index (χ4n) is 2.23. The molecular formula is C19H29N3O2S. The number of pyridine rings is 1. The Balaban J connectivity index is 2.45. The maximum Gasteiger partial charge on any atom is 0.176 e. The van der Waals surface area contributed by atoms with Crippen molar-refractivity contribution in [3.63, 3.8) is 0 Å². The van der Waals surface area contributed by atoms with Crippen LogP contribution in [0, 0.1) is 0 Å². The summed E-state index contributed by atoms with van der Waals surface area (Å²) in [4.78, 5) is 17.1. The van der Waals surface area contributed by atoms with E-state index < -0.39 is 0 Å². The highest BCUT2D eigenvalue weighted by Gasteiger charge is 2.15. The molecule has 0 aliphatic rings. The van der Waals surface area contributed by atoms with Gasteiger partial charge in [0.25, 0.3) is 0 Å². The van der Waals surface area contributed by atoms with Crippen molar-refractivity contribution in [2.45, 2.75) is 38.0 Å². The van der Waals surface area contributed by atoms with Crippen molar-refractivity contribution in [1.29, 1.82) is 0 Å². The lowest BCUT2D eigenvalue weighted by Gasteiger charge is -2.18. The van der Waals surface area contributed by atoms with E-state index in [9.17, 15) is 4.79 Å². The molecule has 0 aliphatic carbocycles. The van der Waals surface area contributed by atoms with Crippen LogP contribution in [0.25, 0.3) is 0 Å². The third-order valence-corrected chi connectivity index (χ3v) is 4.74. The molecule has 1 rings (SSSR count). The van der Waals surface area contributed by atoms with E-state index in [2.05, 4.69) is 18.0 Å². The first-order valence-electron chi connectivity index (χ1n) is 8.52. The number of carbonyl (C=O) groups excluding carboxylic acids is 1. The molecule has 0 fully saturated rings. The Hall–Kier alpha value is -1.79. The van der Waals surface area contributed by atoms with Gasteiger partial charge in [-0.15, -0.1) is 0 Å². The van der Waals surface area contributed by atoms with Crippen molar-refractivity contribution in [2.24, 2.45) is 5.73 Å². The highest BCUT2D eigenvalue weighted by molar-refractivity contribution is 8.12. The van der Waals surface area contributed by atoms with Gasteiger partial charge >= 0.3 is 0 Å². The Morgan fingerprint density at radius 2 is 2.28 bits per heavy atom. The predicted molar refractivity (Wildman–Crippen MR) is 107 cm³/mol. The molecule has 0 saturated carbocycles. The zero-order valence-corrected chi connectivity index (χ0v) is 16.1. The second kappa shape index (κ2) is 12.6. The molecule has 0 aromatic carbocycles. The molecule has 0 spiro atoms. The highest BCUT2D eigenvalue weighted by atomic mass is 32.2. The van der Waals surface area contributed by atoms with Crippen molar-refractivity contribution >= 4 is 23.2 Å². The molecule has 0 radical (unpaired) electrons. The molecule has 0 aliphatic heterocycles. The summed E-state index contributed by atoms with van der Waals surface area (Å²) in [6.07, 6.45) is 9.28. The predicted octanol–water partition coefficient (Wildman–Crippen LogP) is 3.41. The molecule has 1 aromatic rings. The summed E-state index contributed by atoms with van der Waals surface area (Å²) < 4.78 is 5.61. The third-order valence-electron chi connectivity index (χ3n) is 3.68. The number of carbonyl (C=O) groups is 1. The van der Waals surface area contributed by atoms with Gasteiger partial charge in [-0.2, -0.15) is 0 Å². The zero-order valence-electron chi connectivity index (χ0n) is 15.3. The summed E-state index contributed by atoms with van der Waals surface area (Å²) in [6.45, 7) is 5.34. The Morgan fingerprint density at radius 1 is 1.48 bits per heavy atom. The fourth-order valence-corrected chi connectivity index (χ4v) is 2.91. The van der Waals surface area contributed by atoms with E-state index in [0.717, 1.165) is 36.4 Å². The first-order chi connectivity index (χ1) is 12.1. The molecular weight excluding hydrogens is 334 g/mol. The van der Waals surface area contributed by atoms with Crippen LogP contribution in [0.5, 0.6) is 0 Å². The van der Waals surface area contributed by atoms with Gasteiger partial charge in [0.1, 0.15) is 12.4 Å². The number of allylic oxidation sites excluding steroid dienone is 3. The molecule has 6 heteroatoms. The quantitative estimate of drug-likeness (QED) is 0.266. The van der Waals surface area contributed by atoms with Crippen LogP contribution in [0.1, 0.15) is 26.7 Å². The van der Waals surface area contributed by atoms with Gasteiger partial charge in [-0.3, -0.25) is 4.79 Å². The zero-order chi connectivity index (χ0) is 18.5. The summed E-state index contributed by atoms with van der Waals surface area (Å²) >= 11 is 1.25.